The predicted molar refractivity (Wildman–Crippen MR) is 116 cm³/mol. The van der Waals surface area contributed by atoms with Crippen LogP contribution >= 0.6 is 0 Å². The van der Waals surface area contributed by atoms with E-state index in [4.69, 9.17) is 9.72 Å². The summed E-state index contributed by atoms with van der Waals surface area (Å²) in [7, 11) is 1.64. The lowest BCUT2D eigenvalue weighted by atomic mass is 9.87. The summed E-state index contributed by atoms with van der Waals surface area (Å²) in [6.07, 6.45) is 4.03. The van der Waals surface area contributed by atoms with Crippen molar-refractivity contribution in [3.8, 4) is 5.75 Å². The van der Waals surface area contributed by atoms with Crippen LogP contribution in [0.25, 0.3) is 0 Å². The van der Waals surface area contributed by atoms with Crippen molar-refractivity contribution in [2.75, 3.05) is 17.7 Å². The molecule has 1 unspecified atom stereocenters. The molecule has 3 aromatic rings. The van der Waals surface area contributed by atoms with E-state index in [1.54, 1.807) is 7.11 Å². The first-order valence-electron chi connectivity index (χ1n) is 10.4. The standard InChI is InChI=1S/C24H24N4O2/c1-30-18-11-9-16(10-12-18)19-14-20-21(13-15-7-8-15)26-24(28-22(20)27-23(19)29)25-17-5-3-2-4-6-17/h2-6,9-12,15,19H,7-8,13-14H2,1H3,(H2,25,26,27,28,29). The van der Waals surface area contributed by atoms with Crippen molar-refractivity contribution in [1.82, 2.24) is 9.97 Å². The molecule has 1 saturated carbocycles. The lowest BCUT2D eigenvalue weighted by molar-refractivity contribution is -0.117. The maximum Gasteiger partial charge on any atom is 0.233 e. The predicted octanol–water partition coefficient (Wildman–Crippen LogP) is 4.46. The minimum absolute atomic E-state index is 0.0330. The molecule has 1 aliphatic heterocycles. The number of carbonyl (C=O) groups is 1. The zero-order chi connectivity index (χ0) is 20.5. The fraction of sp³-hybridized carbons (Fsp3) is 0.292. The molecule has 1 aromatic heterocycles. The molecule has 2 aromatic carbocycles. The van der Waals surface area contributed by atoms with Crippen molar-refractivity contribution in [3.05, 3.63) is 71.4 Å². The number of nitrogens with zero attached hydrogens (tertiary/aromatic N) is 2. The van der Waals surface area contributed by atoms with Gasteiger partial charge in [-0.05, 0) is 61.4 Å². The van der Waals surface area contributed by atoms with Crippen LogP contribution in [-0.4, -0.2) is 23.0 Å². The Balaban J connectivity index is 1.48. The molecular weight excluding hydrogens is 376 g/mol. The van der Waals surface area contributed by atoms with E-state index in [0.29, 0.717) is 24.1 Å². The topological polar surface area (TPSA) is 76.1 Å². The first-order valence-corrected chi connectivity index (χ1v) is 10.4. The van der Waals surface area contributed by atoms with Gasteiger partial charge >= 0.3 is 0 Å². The number of methoxy groups -OCH3 is 1. The van der Waals surface area contributed by atoms with Crippen LogP contribution in [0.1, 0.15) is 35.6 Å². The average Bonchev–Trinajstić information content (AvgIpc) is 3.58. The van der Waals surface area contributed by atoms with E-state index in [1.807, 2.05) is 54.6 Å². The Morgan fingerprint density at radius 1 is 1.07 bits per heavy atom. The first kappa shape index (κ1) is 18.6. The van der Waals surface area contributed by atoms with Crippen LogP contribution in [0.4, 0.5) is 17.5 Å². The lowest BCUT2D eigenvalue weighted by Crippen LogP contribution is -2.30. The van der Waals surface area contributed by atoms with Gasteiger partial charge in [0.2, 0.25) is 11.9 Å². The van der Waals surface area contributed by atoms with Crippen molar-refractivity contribution >= 4 is 23.4 Å². The van der Waals surface area contributed by atoms with Gasteiger partial charge in [0.1, 0.15) is 11.6 Å². The number of fused-ring (bicyclic) bond motifs is 1. The number of hydrogen-bond acceptors (Lipinski definition) is 5. The molecule has 152 valence electrons. The summed E-state index contributed by atoms with van der Waals surface area (Å²) in [6.45, 7) is 0. The molecule has 2 aliphatic rings. The number of hydrogen-bond donors (Lipinski definition) is 2. The van der Waals surface area contributed by atoms with Crippen molar-refractivity contribution < 1.29 is 9.53 Å². The fourth-order valence-corrected chi connectivity index (χ4v) is 3.93. The van der Waals surface area contributed by atoms with Gasteiger partial charge in [0.25, 0.3) is 0 Å². The fourth-order valence-electron chi connectivity index (χ4n) is 3.93. The zero-order valence-corrected chi connectivity index (χ0v) is 16.9. The molecule has 1 amide bonds. The average molecular weight is 400 g/mol. The summed E-state index contributed by atoms with van der Waals surface area (Å²) in [6, 6.07) is 17.6. The Hall–Kier alpha value is -3.41. The van der Waals surface area contributed by atoms with Crippen LogP contribution in [0, 0.1) is 5.92 Å². The molecular formula is C24H24N4O2. The van der Waals surface area contributed by atoms with E-state index >= 15 is 0 Å². The summed E-state index contributed by atoms with van der Waals surface area (Å²) >= 11 is 0. The number of benzene rings is 2. The smallest absolute Gasteiger partial charge is 0.233 e. The molecule has 6 nitrogen and oxygen atoms in total. The van der Waals surface area contributed by atoms with Gasteiger partial charge in [0.15, 0.2) is 0 Å². The van der Waals surface area contributed by atoms with Crippen LogP contribution < -0.4 is 15.4 Å². The molecule has 0 saturated heterocycles. The highest BCUT2D eigenvalue weighted by molar-refractivity contribution is 5.98. The monoisotopic (exact) mass is 400 g/mol. The van der Waals surface area contributed by atoms with E-state index in [1.165, 1.54) is 12.8 Å². The van der Waals surface area contributed by atoms with E-state index in [9.17, 15) is 4.79 Å². The Morgan fingerprint density at radius 3 is 2.53 bits per heavy atom. The number of nitrogens with one attached hydrogen (secondary N) is 2. The van der Waals surface area contributed by atoms with Crippen LogP contribution in [0.3, 0.4) is 0 Å². The first-order chi connectivity index (χ1) is 14.7. The number of rotatable bonds is 6. The number of ether oxygens (including phenoxy) is 1. The normalized spacial score (nSPS) is 17.8. The number of aromatic nitrogens is 2. The Labute approximate surface area is 175 Å². The summed E-state index contributed by atoms with van der Waals surface area (Å²) < 4.78 is 5.24. The van der Waals surface area contributed by atoms with E-state index in [-0.39, 0.29) is 11.8 Å². The summed E-state index contributed by atoms with van der Waals surface area (Å²) in [4.78, 5) is 22.4. The maximum atomic E-state index is 12.9. The van der Waals surface area contributed by atoms with Crippen molar-refractivity contribution in [3.63, 3.8) is 0 Å². The summed E-state index contributed by atoms with van der Waals surface area (Å²) in [5.41, 5.74) is 4.00. The molecule has 2 N–H and O–H groups in total. The minimum atomic E-state index is -0.252. The van der Waals surface area contributed by atoms with Gasteiger partial charge in [-0.2, -0.15) is 4.98 Å². The van der Waals surface area contributed by atoms with Crippen molar-refractivity contribution in [2.45, 2.75) is 31.6 Å². The largest absolute Gasteiger partial charge is 0.497 e. The zero-order valence-electron chi connectivity index (χ0n) is 16.9. The Kier molecular flexibility index (Phi) is 4.83. The number of carbonyl (C=O) groups excluding carboxylic acids is 1. The second-order valence-corrected chi connectivity index (χ2v) is 7.98. The minimum Gasteiger partial charge on any atom is -0.497 e. The SMILES string of the molecule is COc1ccc(C2Cc3c(CC4CC4)nc(Nc4ccccc4)nc3NC2=O)cc1. The molecule has 2 heterocycles. The van der Waals surface area contributed by atoms with Crippen LogP contribution in [0.15, 0.2) is 54.6 Å². The molecule has 1 atom stereocenters. The number of para-hydroxylation sites is 1. The second-order valence-electron chi connectivity index (χ2n) is 7.98. The van der Waals surface area contributed by atoms with Gasteiger partial charge in [-0.25, -0.2) is 4.98 Å². The third-order valence-electron chi connectivity index (χ3n) is 5.79. The molecule has 1 fully saturated rings. The quantitative estimate of drug-likeness (QED) is 0.639. The molecule has 0 bridgehead atoms. The number of anilines is 3. The van der Waals surface area contributed by atoms with Gasteiger partial charge in [0.05, 0.1) is 18.7 Å². The van der Waals surface area contributed by atoms with Crippen LogP contribution in [0.2, 0.25) is 0 Å². The lowest BCUT2D eigenvalue weighted by Gasteiger charge is -2.26. The molecule has 5 rings (SSSR count). The van der Waals surface area contributed by atoms with Crippen molar-refractivity contribution in [1.29, 1.82) is 0 Å². The molecule has 0 spiro atoms. The van der Waals surface area contributed by atoms with E-state index in [2.05, 4.69) is 15.6 Å². The van der Waals surface area contributed by atoms with Crippen molar-refractivity contribution in [2.24, 2.45) is 5.92 Å². The third kappa shape index (κ3) is 3.85. The highest BCUT2D eigenvalue weighted by atomic mass is 16.5. The highest BCUT2D eigenvalue weighted by Gasteiger charge is 2.33. The van der Waals surface area contributed by atoms with Crippen LogP contribution in [-0.2, 0) is 17.6 Å². The van der Waals surface area contributed by atoms with Gasteiger partial charge in [-0.1, -0.05) is 30.3 Å². The van der Waals surface area contributed by atoms with Gasteiger partial charge in [-0.15, -0.1) is 0 Å². The van der Waals surface area contributed by atoms with Gasteiger partial charge < -0.3 is 15.4 Å². The summed E-state index contributed by atoms with van der Waals surface area (Å²) in [5.74, 6) is 2.34. The molecule has 0 radical (unpaired) electrons. The van der Waals surface area contributed by atoms with E-state index < -0.39 is 0 Å². The van der Waals surface area contributed by atoms with Gasteiger partial charge in [-0.3, -0.25) is 4.79 Å². The molecule has 1 aliphatic carbocycles. The summed E-state index contributed by atoms with van der Waals surface area (Å²) in [5, 5.41) is 6.31. The van der Waals surface area contributed by atoms with Crippen LogP contribution in [0.5, 0.6) is 5.75 Å². The highest BCUT2D eigenvalue weighted by Crippen LogP contribution is 2.38. The van der Waals surface area contributed by atoms with Gasteiger partial charge in [0, 0.05) is 11.3 Å². The third-order valence-corrected chi connectivity index (χ3v) is 5.79. The van der Waals surface area contributed by atoms with E-state index in [0.717, 1.165) is 34.7 Å². The molecule has 30 heavy (non-hydrogen) atoms. The Bertz CT molecular complexity index is 1060. The maximum absolute atomic E-state index is 12.9. The second kappa shape index (κ2) is 7.78. The number of amides is 1. The molecule has 6 heteroatoms. The Morgan fingerprint density at radius 2 is 1.83 bits per heavy atom.